The third kappa shape index (κ3) is 2.57. The third-order valence-electron chi connectivity index (χ3n) is 2.91. The molecule has 0 atom stereocenters. The number of pyridine rings is 1. The molecule has 0 fully saturated rings. The van der Waals surface area contributed by atoms with Crippen LogP contribution < -0.4 is 11.5 Å². The molecule has 106 valence electrons. The van der Waals surface area contributed by atoms with E-state index in [2.05, 4.69) is 4.98 Å². The molecule has 6 nitrogen and oxygen atoms in total. The molecule has 0 aromatic carbocycles. The Labute approximate surface area is 120 Å². The molecular formula is C13H16N4O2S. The van der Waals surface area contributed by atoms with Crippen molar-refractivity contribution in [3.63, 3.8) is 0 Å². The van der Waals surface area contributed by atoms with Gasteiger partial charge in [0.15, 0.2) is 0 Å². The Morgan fingerprint density at radius 1 is 1.45 bits per heavy atom. The maximum atomic E-state index is 12.5. The summed E-state index contributed by atoms with van der Waals surface area (Å²) in [6.45, 7) is 3.52. The van der Waals surface area contributed by atoms with Crippen LogP contribution in [0.4, 0.5) is 5.69 Å². The Balaban J connectivity index is 2.43. The van der Waals surface area contributed by atoms with Crippen molar-refractivity contribution in [2.75, 3.05) is 12.3 Å². The van der Waals surface area contributed by atoms with Crippen LogP contribution >= 0.6 is 11.3 Å². The number of amides is 2. The summed E-state index contributed by atoms with van der Waals surface area (Å²) in [4.78, 5) is 30.3. The summed E-state index contributed by atoms with van der Waals surface area (Å²) in [5.74, 6) is -0.843. The van der Waals surface area contributed by atoms with Crippen LogP contribution in [0.25, 0.3) is 10.2 Å². The molecule has 2 heterocycles. The number of aromatic nitrogens is 1. The highest BCUT2D eigenvalue weighted by Crippen LogP contribution is 2.33. The first-order chi connectivity index (χ1) is 9.41. The molecule has 2 aromatic heterocycles. The fraction of sp³-hybridized carbons (Fsp3) is 0.308. The lowest BCUT2D eigenvalue weighted by atomic mass is 10.2. The third-order valence-corrected chi connectivity index (χ3v) is 4.03. The van der Waals surface area contributed by atoms with Crippen molar-refractivity contribution in [3.8, 4) is 0 Å². The van der Waals surface area contributed by atoms with Crippen molar-refractivity contribution >= 4 is 39.1 Å². The van der Waals surface area contributed by atoms with Gasteiger partial charge in [-0.15, -0.1) is 11.3 Å². The molecule has 2 aromatic rings. The number of rotatable bonds is 4. The minimum Gasteiger partial charge on any atom is -0.397 e. The fourth-order valence-electron chi connectivity index (χ4n) is 1.90. The fourth-order valence-corrected chi connectivity index (χ4v) is 2.92. The Hall–Kier alpha value is -2.15. The number of fused-ring (bicyclic) bond motifs is 1. The van der Waals surface area contributed by atoms with Crippen molar-refractivity contribution in [1.29, 1.82) is 0 Å². The van der Waals surface area contributed by atoms with E-state index in [0.29, 0.717) is 15.4 Å². The molecule has 4 N–H and O–H groups in total. The molecule has 0 aliphatic rings. The van der Waals surface area contributed by atoms with E-state index in [1.165, 1.54) is 16.2 Å². The summed E-state index contributed by atoms with van der Waals surface area (Å²) in [7, 11) is 0. The topological polar surface area (TPSA) is 102 Å². The SMILES string of the molecule is CC(C)N(CC(N)=O)C(=O)c1sc2ncccc2c1N. The van der Waals surface area contributed by atoms with E-state index >= 15 is 0 Å². The summed E-state index contributed by atoms with van der Waals surface area (Å²) >= 11 is 1.23. The molecule has 0 spiro atoms. The predicted molar refractivity (Wildman–Crippen MR) is 79.4 cm³/mol. The quantitative estimate of drug-likeness (QED) is 0.884. The molecule has 0 aliphatic carbocycles. The van der Waals surface area contributed by atoms with Crippen molar-refractivity contribution < 1.29 is 9.59 Å². The number of thiophene rings is 1. The Kier molecular flexibility index (Phi) is 3.89. The summed E-state index contributed by atoms with van der Waals surface area (Å²) < 4.78 is 0. The highest BCUT2D eigenvalue weighted by Gasteiger charge is 2.25. The van der Waals surface area contributed by atoms with Gasteiger partial charge in [-0.05, 0) is 26.0 Å². The maximum Gasteiger partial charge on any atom is 0.266 e. The second kappa shape index (κ2) is 5.46. The van der Waals surface area contributed by atoms with Crippen molar-refractivity contribution in [2.24, 2.45) is 5.73 Å². The molecule has 7 heteroatoms. The molecular weight excluding hydrogens is 276 g/mol. The molecule has 20 heavy (non-hydrogen) atoms. The van der Waals surface area contributed by atoms with Crippen LogP contribution in [-0.2, 0) is 4.79 Å². The first-order valence-corrected chi connectivity index (χ1v) is 6.95. The molecule has 0 bridgehead atoms. The second-order valence-corrected chi connectivity index (χ2v) is 5.69. The number of nitrogens with zero attached hydrogens (tertiary/aromatic N) is 2. The minimum atomic E-state index is -0.551. The predicted octanol–water partition coefficient (Wildman–Crippen LogP) is 1.21. The van der Waals surface area contributed by atoms with E-state index in [1.54, 1.807) is 12.3 Å². The molecule has 2 rings (SSSR count). The second-order valence-electron chi connectivity index (χ2n) is 4.69. The Morgan fingerprint density at radius 2 is 2.15 bits per heavy atom. The van der Waals surface area contributed by atoms with E-state index < -0.39 is 5.91 Å². The van der Waals surface area contributed by atoms with Crippen LogP contribution in [0, 0.1) is 0 Å². The van der Waals surface area contributed by atoms with Crippen molar-refractivity contribution in [3.05, 3.63) is 23.2 Å². The molecule has 2 amide bonds. The van der Waals surface area contributed by atoms with Gasteiger partial charge in [-0.1, -0.05) is 0 Å². The van der Waals surface area contributed by atoms with Crippen molar-refractivity contribution in [1.82, 2.24) is 9.88 Å². The number of hydrogen-bond acceptors (Lipinski definition) is 5. The zero-order chi connectivity index (χ0) is 14.9. The largest absolute Gasteiger partial charge is 0.397 e. The van der Waals surface area contributed by atoms with Gasteiger partial charge in [0.1, 0.15) is 9.71 Å². The van der Waals surface area contributed by atoms with Gasteiger partial charge in [0.2, 0.25) is 5.91 Å². The number of carbonyl (C=O) groups is 2. The maximum absolute atomic E-state index is 12.5. The van der Waals surface area contributed by atoms with Gasteiger partial charge in [-0.25, -0.2) is 4.98 Å². The Morgan fingerprint density at radius 3 is 2.70 bits per heavy atom. The lowest BCUT2D eigenvalue weighted by Crippen LogP contribution is -2.42. The standard InChI is InChI=1S/C13H16N4O2S/c1-7(2)17(6-9(14)18)13(19)11-10(15)8-4-3-5-16-12(8)20-11/h3-5,7H,6,15H2,1-2H3,(H2,14,18). The summed E-state index contributed by atoms with van der Waals surface area (Å²) in [6.07, 6.45) is 1.65. The number of nitrogens with two attached hydrogens (primary N) is 2. The van der Waals surface area contributed by atoms with Crippen LogP contribution in [0.2, 0.25) is 0 Å². The van der Waals surface area contributed by atoms with Gasteiger partial charge in [0, 0.05) is 17.6 Å². The van der Waals surface area contributed by atoms with E-state index in [0.717, 1.165) is 5.39 Å². The van der Waals surface area contributed by atoms with Gasteiger partial charge in [-0.2, -0.15) is 0 Å². The lowest BCUT2D eigenvalue weighted by molar-refractivity contribution is -0.119. The van der Waals surface area contributed by atoms with Crippen LogP contribution in [0.15, 0.2) is 18.3 Å². The van der Waals surface area contributed by atoms with Crippen LogP contribution in [-0.4, -0.2) is 34.3 Å². The number of hydrogen-bond donors (Lipinski definition) is 2. The molecule has 0 saturated heterocycles. The van der Waals surface area contributed by atoms with Crippen LogP contribution in [0.1, 0.15) is 23.5 Å². The summed E-state index contributed by atoms with van der Waals surface area (Å²) in [5, 5.41) is 0.753. The number of nitrogen functional groups attached to an aromatic ring is 1. The first-order valence-electron chi connectivity index (χ1n) is 6.14. The van der Waals surface area contributed by atoms with Crippen molar-refractivity contribution in [2.45, 2.75) is 19.9 Å². The zero-order valence-corrected chi connectivity index (χ0v) is 12.1. The highest BCUT2D eigenvalue weighted by atomic mass is 32.1. The zero-order valence-electron chi connectivity index (χ0n) is 11.3. The van der Waals surface area contributed by atoms with Gasteiger partial charge in [-0.3, -0.25) is 9.59 Å². The molecule has 0 aliphatic heterocycles. The van der Waals surface area contributed by atoms with E-state index in [1.807, 2.05) is 19.9 Å². The van der Waals surface area contributed by atoms with Gasteiger partial charge in [0.25, 0.3) is 5.91 Å². The number of primary amides is 1. The van der Waals surface area contributed by atoms with Gasteiger partial charge < -0.3 is 16.4 Å². The van der Waals surface area contributed by atoms with E-state index in [9.17, 15) is 9.59 Å². The monoisotopic (exact) mass is 292 g/mol. The van der Waals surface area contributed by atoms with Gasteiger partial charge >= 0.3 is 0 Å². The molecule has 0 radical (unpaired) electrons. The van der Waals surface area contributed by atoms with Crippen LogP contribution in [0.3, 0.4) is 0 Å². The smallest absolute Gasteiger partial charge is 0.266 e. The van der Waals surface area contributed by atoms with E-state index in [4.69, 9.17) is 11.5 Å². The van der Waals surface area contributed by atoms with Crippen LogP contribution in [0.5, 0.6) is 0 Å². The molecule has 0 unspecified atom stereocenters. The number of carbonyl (C=O) groups excluding carboxylic acids is 2. The summed E-state index contributed by atoms with van der Waals surface area (Å²) in [5.41, 5.74) is 11.6. The highest BCUT2D eigenvalue weighted by molar-refractivity contribution is 7.21. The lowest BCUT2D eigenvalue weighted by Gasteiger charge is -2.24. The molecule has 0 saturated carbocycles. The number of anilines is 1. The average Bonchev–Trinajstić information content (AvgIpc) is 2.73. The first kappa shape index (κ1) is 14.3. The van der Waals surface area contributed by atoms with E-state index in [-0.39, 0.29) is 18.5 Å². The van der Waals surface area contributed by atoms with Gasteiger partial charge in [0.05, 0.1) is 12.2 Å². The normalized spacial score (nSPS) is 10.9. The average molecular weight is 292 g/mol. The summed E-state index contributed by atoms with van der Waals surface area (Å²) in [6, 6.07) is 3.44. The minimum absolute atomic E-state index is 0.127. The Bertz CT molecular complexity index is 665.